The van der Waals surface area contributed by atoms with Gasteiger partial charge >= 0.3 is 0 Å². The second-order valence-electron chi connectivity index (χ2n) is 6.58. The maximum Gasteiger partial charge on any atom is 0.241 e. The zero-order valence-electron chi connectivity index (χ0n) is 14.3. The number of piperazine rings is 1. The van der Waals surface area contributed by atoms with Gasteiger partial charge in [0.1, 0.15) is 0 Å². The van der Waals surface area contributed by atoms with Crippen LogP contribution in [0.15, 0.2) is 24.3 Å². The SMILES string of the molecule is O=C(CN1CCNCC1c1ccccc1Cl)NCC(=O)N1CCCC1. The summed E-state index contributed by atoms with van der Waals surface area (Å²) in [6, 6.07) is 7.80. The Morgan fingerprint density at radius 2 is 1.96 bits per heavy atom. The van der Waals surface area contributed by atoms with E-state index in [0.29, 0.717) is 5.02 Å². The molecule has 0 radical (unpaired) electrons. The van der Waals surface area contributed by atoms with Crippen LogP contribution in [0.1, 0.15) is 24.4 Å². The minimum absolute atomic E-state index is 0.00816. The highest BCUT2D eigenvalue weighted by atomic mass is 35.5. The molecule has 2 aliphatic rings. The lowest BCUT2D eigenvalue weighted by Crippen LogP contribution is -2.50. The standard InChI is InChI=1S/C18H25ClN4O2/c19-15-6-2-1-5-14(15)16-11-20-7-10-23(16)13-17(24)21-12-18(25)22-8-3-4-9-22/h1-2,5-6,16,20H,3-4,7-13H2,(H,21,24). The molecular formula is C18H25ClN4O2. The van der Waals surface area contributed by atoms with Crippen molar-refractivity contribution in [1.29, 1.82) is 0 Å². The van der Waals surface area contributed by atoms with Gasteiger partial charge in [0.25, 0.3) is 0 Å². The van der Waals surface area contributed by atoms with E-state index in [2.05, 4.69) is 15.5 Å². The molecule has 7 heteroatoms. The third-order valence-electron chi connectivity index (χ3n) is 4.86. The van der Waals surface area contributed by atoms with Crippen molar-refractivity contribution >= 4 is 23.4 Å². The fraction of sp³-hybridized carbons (Fsp3) is 0.556. The molecule has 0 bridgehead atoms. The molecule has 2 heterocycles. The van der Waals surface area contributed by atoms with Crippen molar-refractivity contribution in [3.05, 3.63) is 34.9 Å². The number of carbonyl (C=O) groups excluding carboxylic acids is 2. The molecule has 25 heavy (non-hydrogen) atoms. The summed E-state index contributed by atoms with van der Waals surface area (Å²) in [5, 5.41) is 6.84. The van der Waals surface area contributed by atoms with Crippen molar-refractivity contribution in [3.63, 3.8) is 0 Å². The summed E-state index contributed by atoms with van der Waals surface area (Å²) >= 11 is 6.33. The van der Waals surface area contributed by atoms with Crippen LogP contribution in [0.4, 0.5) is 0 Å². The molecule has 3 rings (SSSR count). The van der Waals surface area contributed by atoms with E-state index in [9.17, 15) is 9.59 Å². The van der Waals surface area contributed by atoms with E-state index in [0.717, 1.165) is 51.1 Å². The monoisotopic (exact) mass is 364 g/mol. The molecule has 1 unspecified atom stereocenters. The Balaban J connectivity index is 1.55. The van der Waals surface area contributed by atoms with Gasteiger partial charge in [-0.25, -0.2) is 0 Å². The van der Waals surface area contributed by atoms with Crippen molar-refractivity contribution in [3.8, 4) is 0 Å². The van der Waals surface area contributed by atoms with Gasteiger partial charge in [0.05, 0.1) is 13.1 Å². The zero-order valence-corrected chi connectivity index (χ0v) is 15.1. The van der Waals surface area contributed by atoms with Gasteiger partial charge in [-0.2, -0.15) is 0 Å². The Morgan fingerprint density at radius 1 is 1.20 bits per heavy atom. The van der Waals surface area contributed by atoms with Crippen LogP contribution < -0.4 is 10.6 Å². The molecule has 2 saturated heterocycles. The van der Waals surface area contributed by atoms with Crippen molar-refractivity contribution in [1.82, 2.24) is 20.4 Å². The molecule has 0 spiro atoms. The number of likely N-dealkylation sites (tertiary alicyclic amines) is 1. The lowest BCUT2D eigenvalue weighted by molar-refractivity contribution is -0.132. The van der Waals surface area contributed by atoms with E-state index in [1.165, 1.54) is 0 Å². The molecule has 0 aliphatic carbocycles. The average Bonchev–Trinajstić information content (AvgIpc) is 3.16. The van der Waals surface area contributed by atoms with E-state index in [1.807, 2.05) is 29.2 Å². The van der Waals surface area contributed by atoms with Gasteiger partial charge in [0.2, 0.25) is 11.8 Å². The third-order valence-corrected chi connectivity index (χ3v) is 5.20. The Morgan fingerprint density at radius 3 is 2.72 bits per heavy atom. The molecule has 2 N–H and O–H groups in total. The normalized spacial score (nSPS) is 21.3. The Hall–Kier alpha value is -1.63. The van der Waals surface area contributed by atoms with Crippen LogP contribution in [0.25, 0.3) is 0 Å². The topological polar surface area (TPSA) is 64.7 Å². The van der Waals surface area contributed by atoms with Gasteiger partial charge in [-0.1, -0.05) is 29.8 Å². The van der Waals surface area contributed by atoms with Crippen LogP contribution in [0.5, 0.6) is 0 Å². The molecule has 0 saturated carbocycles. The summed E-state index contributed by atoms with van der Waals surface area (Å²) in [4.78, 5) is 28.3. The van der Waals surface area contributed by atoms with Crippen LogP contribution >= 0.6 is 11.6 Å². The summed E-state index contributed by atoms with van der Waals surface area (Å²) < 4.78 is 0. The third kappa shape index (κ3) is 4.71. The highest BCUT2D eigenvalue weighted by molar-refractivity contribution is 6.31. The van der Waals surface area contributed by atoms with Crippen LogP contribution in [0.3, 0.4) is 0 Å². The fourth-order valence-corrected chi connectivity index (χ4v) is 3.74. The van der Waals surface area contributed by atoms with Crippen LogP contribution in [-0.4, -0.2) is 67.4 Å². The maximum atomic E-state index is 12.3. The summed E-state index contributed by atoms with van der Waals surface area (Å²) in [6.07, 6.45) is 2.11. The van der Waals surface area contributed by atoms with Gasteiger partial charge in [0.15, 0.2) is 0 Å². The molecule has 0 aromatic heterocycles. The number of halogens is 1. The smallest absolute Gasteiger partial charge is 0.241 e. The summed E-state index contributed by atoms with van der Waals surface area (Å²) in [5.41, 5.74) is 1.03. The minimum Gasteiger partial charge on any atom is -0.346 e. The number of carbonyl (C=O) groups is 2. The molecule has 136 valence electrons. The van der Waals surface area contributed by atoms with E-state index >= 15 is 0 Å². The first-order valence-corrected chi connectivity index (χ1v) is 9.26. The minimum atomic E-state index is -0.119. The Bertz CT molecular complexity index is 619. The predicted octanol–water partition coefficient (Wildman–Crippen LogP) is 1.02. The predicted molar refractivity (Wildman–Crippen MR) is 97.5 cm³/mol. The largest absolute Gasteiger partial charge is 0.346 e. The number of nitrogens with zero attached hydrogens (tertiary/aromatic N) is 2. The van der Waals surface area contributed by atoms with Gasteiger partial charge < -0.3 is 15.5 Å². The molecule has 1 aromatic carbocycles. The van der Waals surface area contributed by atoms with Crippen LogP contribution in [0, 0.1) is 0 Å². The van der Waals surface area contributed by atoms with Gasteiger partial charge in [-0.15, -0.1) is 0 Å². The number of amides is 2. The van der Waals surface area contributed by atoms with Crippen LogP contribution in [-0.2, 0) is 9.59 Å². The number of benzene rings is 1. The summed E-state index contributed by atoms with van der Waals surface area (Å²) in [5.74, 6) is -0.111. The lowest BCUT2D eigenvalue weighted by Gasteiger charge is -2.36. The summed E-state index contributed by atoms with van der Waals surface area (Å²) in [6.45, 7) is 4.32. The van der Waals surface area contributed by atoms with E-state index in [-0.39, 0.29) is 30.9 Å². The molecule has 6 nitrogen and oxygen atoms in total. The Kier molecular flexibility index (Phi) is 6.29. The lowest BCUT2D eigenvalue weighted by atomic mass is 10.0. The van der Waals surface area contributed by atoms with Crippen molar-refractivity contribution in [2.75, 3.05) is 45.8 Å². The van der Waals surface area contributed by atoms with E-state index in [4.69, 9.17) is 11.6 Å². The van der Waals surface area contributed by atoms with Gasteiger partial charge in [0, 0.05) is 43.8 Å². The van der Waals surface area contributed by atoms with Gasteiger partial charge in [-0.05, 0) is 24.5 Å². The maximum absolute atomic E-state index is 12.3. The van der Waals surface area contributed by atoms with Crippen molar-refractivity contribution in [2.24, 2.45) is 0 Å². The zero-order chi connectivity index (χ0) is 17.6. The second-order valence-corrected chi connectivity index (χ2v) is 6.98. The average molecular weight is 365 g/mol. The Labute approximate surface area is 153 Å². The fourth-order valence-electron chi connectivity index (χ4n) is 3.48. The molecule has 2 aliphatic heterocycles. The first-order valence-electron chi connectivity index (χ1n) is 8.89. The second kappa shape index (κ2) is 8.65. The molecular weight excluding hydrogens is 340 g/mol. The summed E-state index contributed by atoms with van der Waals surface area (Å²) in [7, 11) is 0. The van der Waals surface area contributed by atoms with E-state index in [1.54, 1.807) is 0 Å². The quantitative estimate of drug-likeness (QED) is 0.819. The van der Waals surface area contributed by atoms with Crippen molar-refractivity contribution < 1.29 is 9.59 Å². The number of nitrogens with one attached hydrogen (secondary N) is 2. The highest BCUT2D eigenvalue weighted by Gasteiger charge is 2.27. The van der Waals surface area contributed by atoms with Crippen LogP contribution in [0.2, 0.25) is 5.02 Å². The number of hydrogen-bond donors (Lipinski definition) is 2. The first kappa shape index (κ1) is 18.2. The van der Waals surface area contributed by atoms with Crippen molar-refractivity contribution in [2.45, 2.75) is 18.9 Å². The highest BCUT2D eigenvalue weighted by Crippen LogP contribution is 2.28. The molecule has 2 fully saturated rings. The first-order chi connectivity index (χ1) is 12.1. The van der Waals surface area contributed by atoms with Gasteiger partial charge in [-0.3, -0.25) is 14.5 Å². The van der Waals surface area contributed by atoms with E-state index < -0.39 is 0 Å². The number of hydrogen-bond acceptors (Lipinski definition) is 4. The molecule has 1 aromatic rings. The number of rotatable bonds is 5. The molecule has 1 atom stereocenters. The molecule has 2 amide bonds.